The molecule has 1 aliphatic heterocycles. The molecule has 1 heterocycles. The highest BCUT2D eigenvalue weighted by atomic mass is 16.2. The molecule has 88 valence electrons. The number of nitrogens with zero attached hydrogens (tertiary/aromatic N) is 3. The van der Waals surface area contributed by atoms with Crippen LogP contribution in [-0.2, 0) is 4.79 Å². The van der Waals surface area contributed by atoms with E-state index in [1.807, 2.05) is 23.9 Å². The second kappa shape index (κ2) is 6.08. The van der Waals surface area contributed by atoms with E-state index < -0.39 is 0 Å². The van der Waals surface area contributed by atoms with E-state index in [1.165, 1.54) is 6.42 Å². The molecular weight excluding hydrogens is 190 g/mol. The van der Waals surface area contributed by atoms with Crippen LogP contribution < -0.4 is 0 Å². The summed E-state index contributed by atoms with van der Waals surface area (Å²) >= 11 is 0. The van der Waals surface area contributed by atoms with Gasteiger partial charge in [-0.15, -0.1) is 0 Å². The van der Waals surface area contributed by atoms with Crippen LogP contribution in [0.4, 0.5) is 0 Å². The summed E-state index contributed by atoms with van der Waals surface area (Å²) in [6, 6.07) is 0. The van der Waals surface area contributed by atoms with Crippen molar-refractivity contribution in [1.82, 2.24) is 14.7 Å². The van der Waals surface area contributed by atoms with Gasteiger partial charge in [-0.1, -0.05) is 6.92 Å². The lowest BCUT2D eigenvalue weighted by atomic mass is 10.3. The first-order valence-electron chi connectivity index (χ1n) is 5.78. The number of piperazine rings is 1. The van der Waals surface area contributed by atoms with Crippen molar-refractivity contribution in [1.29, 1.82) is 0 Å². The Morgan fingerprint density at radius 2 is 1.80 bits per heavy atom. The molecule has 4 nitrogen and oxygen atoms in total. The van der Waals surface area contributed by atoms with E-state index in [9.17, 15) is 4.79 Å². The standard InChI is InChI=1S/C11H23N3O/c1-4-5-13-6-8-14(9-7-13)11(15)10-12(2)3/h4-10H2,1-3H3. The molecule has 0 aromatic rings. The number of carbonyl (C=O) groups is 1. The minimum Gasteiger partial charge on any atom is -0.339 e. The number of hydrogen-bond donors (Lipinski definition) is 0. The fourth-order valence-electron chi connectivity index (χ4n) is 1.91. The molecule has 0 atom stereocenters. The van der Waals surface area contributed by atoms with Gasteiger partial charge in [0, 0.05) is 26.2 Å². The van der Waals surface area contributed by atoms with E-state index in [2.05, 4.69) is 11.8 Å². The lowest BCUT2D eigenvalue weighted by Crippen LogP contribution is -2.50. The minimum atomic E-state index is 0.260. The molecule has 1 saturated heterocycles. The predicted octanol–water partition coefficient (Wildman–Crippen LogP) is 0.102. The summed E-state index contributed by atoms with van der Waals surface area (Å²) in [6.45, 7) is 7.76. The molecule has 0 bridgehead atoms. The van der Waals surface area contributed by atoms with Crippen LogP contribution in [0.1, 0.15) is 13.3 Å². The molecule has 4 heteroatoms. The number of likely N-dealkylation sites (N-methyl/N-ethyl adjacent to an activating group) is 1. The van der Waals surface area contributed by atoms with Gasteiger partial charge in [-0.2, -0.15) is 0 Å². The SMILES string of the molecule is CCCN1CCN(C(=O)CN(C)C)CC1. The van der Waals surface area contributed by atoms with E-state index in [0.717, 1.165) is 32.7 Å². The van der Waals surface area contributed by atoms with Crippen LogP contribution in [0.15, 0.2) is 0 Å². The smallest absolute Gasteiger partial charge is 0.236 e. The molecular formula is C11H23N3O. The van der Waals surface area contributed by atoms with Crippen LogP contribution in [0, 0.1) is 0 Å². The molecule has 0 aliphatic carbocycles. The van der Waals surface area contributed by atoms with Crippen molar-refractivity contribution in [2.75, 3.05) is 53.4 Å². The number of rotatable bonds is 4. The largest absolute Gasteiger partial charge is 0.339 e. The fourth-order valence-corrected chi connectivity index (χ4v) is 1.91. The first-order chi connectivity index (χ1) is 7.13. The van der Waals surface area contributed by atoms with E-state index in [-0.39, 0.29) is 5.91 Å². The van der Waals surface area contributed by atoms with Crippen LogP contribution in [0.5, 0.6) is 0 Å². The number of hydrogen-bond acceptors (Lipinski definition) is 3. The predicted molar refractivity (Wildman–Crippen MR) is 61.9 cm³/mol. The fraction of sp³-hybridized carbons (Fsp3) is 0.909. The molecule has 0 saturated carbocycles. The Kier molecular flexibility index (Phi) is 5.05. The van der Waals surface area contributed by atoms with E-state index in [4.69, 9.17) is 0 Å². The Morgan fingerprint density at radius 3 is 2.27 bits per heavy atom. The van der Waals surface area contributed by atoms with Crippen molar-refractivity contribution in [2.24, 2.45) is 0 Å². The Bertz CT molecular complexity index is 198. The molecule has 0 aromatic carbocycles. The van der Waals surface area contributed by atoms with Crippen molar-refractivity contribution >= 4 is 5.91 Å². The second-order valence-electron chi connectivity index (χ2n) is 4.46. The van der Waals surface area contributed by atoms with Gasteiger partial charge >= 0.3 is 0 Å². The summed E-state index contributed by atoms with van der Waals surface area (Å²) in [4.78, 5) is 18.1. The Balaban J connectivity index is 2.27. The van der Waals surface area contributed by atoms with Gasteiger partial charge in [-0.05, 0) is 27.1 Å². The zero-order valence-corrected chi connectivity index (χ0v) is 10.2. The van der Waals surface area contributed by atoms with Gasteiger partial charge in [-0.3, -0.25) is 9.69 Å². The minimum absolute atomic E-state index is 0.260. The molecule has 0 aromatic heterocycles. The van der Waals surface area contributed by atoms with Crippen molar-refractivity contribution in [3.05, 3.63) is 0 Å². The molecule has 1 fully saturated rings. The molecule has 0 radical (unpaired) electrons. The monoisotopic (exact) mass is 213 g/mol. The average Bonchev–Trinajstić information content (AvgIpc) is 2.18. The van der Waals surface area contributed by atoms with Crippen LogP contribution in [0.2, 0.25) is 0 Å². The topological polar surface area (TPSA) is 26.8 Å². The molecule has 1 rings (SSSR count). The Morgan fingerprint density at radius 1 is 1.20 bits per heavy atom. The van der Waals surface area contributed by atoms with Gasteiger partial charge in [0.15, 0.2) is 0 Å². The van der Waals surface area contributed by atoms with Crippen LogP contribution in [0.25, 0.3) is 0 Å². The summed E-state index contributed by atoms with van der Waals surface area (Å²) in [6.07, 6.45) is 1.20. The molecule has 15 heavy (non-hydrogen) atoms. The highest BCUT2D eigenvalue weighted by molar-refractivity contribution is 5.78. The van der Waals surface area contributed by atoms with Gasteiger partial charge in [-0.25, -0.2) is 0 Å². The molecule has 1 aliphatic rings. The maximum absolute atomic E-state index is 11.7. The van der Waals surface area contributed by atoms with E-state index >= 15 is 0 Å². The third-order valence-corrected chi connectivity index (χ3v) is 2.72. The van der Waals surface area contributed by atoms with E-state index in [1.54, 1.807) is 0 Å². The maximum atomic E-state index is 11.7. The van der Waals surface area contributed by atoms with Crippen LogP contribution in [0.3, 0.4) is 0 Å². The molecule has 0 N–H and O–H groups in total. The van der Waals surface area contributed by atoms with Gasteiger partial charge in [0.2, 0.25) is 5.91 Å². The van der Waals surface area contributed by atoms with Gasteiger partial charge < -0.3 is 9.80 Å². The van der Waals surface area contributed by atoms with E-state index in [0.29, 0.717) is 6.54 Å². The lowest BCUT2D eigenvalue weighted by molar-refractivity contribution is -0.133. The van der Waals surface area contributed by atoms with Crippen LogP contribution >= 0.6 is 0 Å². The van der Waals surface area contributed by atoms with Crippen molar-refractivity contribution in [2.45, 2.75) is 13.3 Å². The average molecular weight is 213 g/mol. The summed E-state index contributed by atoms with van der Waals surface area (Å²) in [7, 11) is 3.87. The second-order valence-corrected chi connectivity index (χ2v) is 4.46. The number of amides is 1. The summed E-state index contributed by atoms with van der Waals surface area (Å²) in [5, 5.41) is 0. The molecule has 1 amide bonds. The lowest BCUT2D eigenvalue weighted by Gasteiger charge is -2.35. The third kappa shape index (κ3) is 4.18. The van der Waals surface area contributed by atoms with Crippen molar-refractivity contribution < 1.29 is 4.79 Å². The quantitative estimate of drug-likeness (QED) is 0.663. The summed E-state index contributed by atoms with van der Waals surface area (Å²) < 4.78 is 0. The maximum Gasteiger partial charge on any atom is 0.236 e. The first-order valence-corrected chi connectivity index (χ1v) is 5.78. The normalized spacial score (nSPS) is 18.5. The van der Waals surface area contributed by atoms with Gasteiger partial charge in [0.1, 0.15) is 0 Å². The van der Waals surface area contributed by atoms with Crippen LogP contribution in [-0.4, -0.2) is 74.0 Å². The number of carbonyl (C=O) groups excluding carboxylic acids is 1. The van der Waals surface area contributed by atoms with Crippen molar-refractivity contribution in [3.8, 4) is 0 Å². The molecule has 0 unspecified atom stereocenters. The summed E-state index contributed by atoms with van der Waals surface area (Å²) in [5.41, 5.74) is 0. The molecule has 0 spiro atoms. The zero-order chi connectivity index (χ0) is 11.3. The summed E-state index contributed by atoms with van der Waals surface area (Å²) in [5.74, 6) is 0.260. The van der Waals surface area contributed by atoms with Gasteiger partial charge in [0.05, 0.1) is 6.54 Å². The highest BCUT2D eigenvalue weighted by Crippen LogP contribution is 2.03. The van der Waals surface area contributed by atoms with Crippen molar-refractivity contribution in [3.63, 3.8) is 0 Å². The first kappa shape index (κ1) is 12.5. The van der Waals surface area contributed by atoms with Gasteiger partial charge in [0.25, 0.3) is 0 Å². The zero-order valence-electron chi connectivity index (χ0n) is 10.2. The highest BCUT2D eigenvalue weighted by Gasteiger charge is 2.20. The Hall–Kier alpha value is -0.610. The Labute approximate surface area is 92.8 Å². The third-order valence-electron chi connectivity index (χ3n) is 2.72.